The number of sulfonamides is 1. The second-order valence-corrected chi connectivity index (χ2v) is 9.61. The number of nitrogens with zero attached hydrogens (tertiary/aromatic N) is 1. The van der Waals surface area contributed by atoms with Gasteiger partial charge in [-0.3, -0.25) is 19.2 Å². The SMILES string of the molecule is O=C(OCCN1C(=O)c2ccccc2C1=O)c1ccc(NS(=O)(=O)c2ccc3c(c2)OCCO3)cc1. The highest BCUT2D eigenvalue weighted by atomic mass is 32.2. The van der Waals surface area contributed by atoms with Crippen LogP contribution in [0.3, 0.4) is 0 Å². The van der Waals surface area contributed by atoms with Gasteiger partial charge in [0.15, 0.2) is 11.5 Å². The molecule has 10 nitrogen and oxygen atoms in total. The molecule has 3 aromatic carbocycles. The number of rotatable bonds is 7. The Morgan fingerprint density at radius 3 is 2.19 bits per heavy atom. The van der Waals surface area contributed by atoms with E-state index in [4.69, 9.17) is 14.2 Å². The van der Waals surface area contributed by atoms with E-state index in [1.165, 1.54) is 42.5 Å². The second kappa shape index (κ2) is 9.34. The summed E-state index contributed by atoms with van der Waals surface area (Å²) in [6, 6.07) is 16.5. The first-order valence-corrected chi connectivity index (χ1v) is 12.5. The molecule has 0 fully saturated rings. The van der Waals surface area contributed by atoms with Gasteiger partial charge in [0.1, 0.15) is 19.8 Å². The number of carbonyl (C=O) groups is 3. The van der Waals surface area contributed by atoms with Crippen molar-refractivity contribution < 1.29 is 37.0 Å². The van der Waals surface area contributed by atoms with Crippen LogP contribution in [-0.2, 0) is 14.8 Å². The minimum absolute atomic E-state index is 0.00314. The fraction of sp³-hybridized carbons (Fsp3) is 0.160. The Labute approximate surface area is 206 Å². The van der Waals surface area contributed by atoms with Gasteiger partial charge in [-0.1, -0.05) is 12.1 Å². The first-order chi connectivity index (χ1) is 17.3. The van der Waals surface area contributed by atoms with Gasteiger partial charge in [-0.2, -0.15) is 0 Å². The average molecular weight is 509 g/mol. The molecule has 2 amide bonds. The van der Waals surface area contributed by atoms with E-state index in [9.17, 15) is 22.8 Å². The smallest absolute Gasteiger partial charge is 0.338 e. The summed E-state index contributed by atoms with van der Waals surface area (Å²) in [6.45, 7) is 0.475. The maximum atomic E-state index is 12.7. The lowest BCUT2D eigenvalue weighted by atomic mass is 10.1. The van der Waals surface area contributed by atoms with Crippen LogP contribution in [-0.4, -0.2) is 57.5 Å². The van der Waals surface area contributed by atoms with Gasteiger partial charge < -0.3 is 14.2 Å². The third-order valence-corrected chi connectivity index (χ3v) is 7.00. The van der Waals surface area contributed by atoms with Crippen LogP contribution in [0.5, 0.6) is 11.5 Å². The summed E-state index contributed by atoms with van der Waals surface area (Å²) >= 11 is 0. The van der Waals surface area contributed by atoms with Gasteiger partial charge in [0.05, 0.1) is 28.1 Å². The number of nitrogens with one attached hydrogen (secondary N) is 1. The molecule has 0 radical (unpaired) electrons. The van der Waals surface area contributed by atoms with Gasteiger partial charge in [-0.05, 0) is 48.5 Å². The van der Waals surface area contributed by atoms with Crippen molar-refractivity contribution in [2.45, 2.75) is 4.90 Å². The molecule has 0 atom stereocenters. The molecule has 36 heavy (non-hydrogen) atoms. The normalized spacial score (nSPS) is 14.4. The molecule has 0 aromatic heterocycles. The molecule has 1 N–H and O–H groups in total. The predicted molar refractivity (Wildman–Crippen MR) is 127 cm³/mol. The number of amides is 2. The molecule has 0 bridgehead atoms. The molecule has 11 heteroatoms. The largest absolute Gasteiger partial charge is 0.486 e. The Kier molecular flexibility index (Phi) is 6.06. The van der Waals surface area contributed by atoms with E-state index >= 15 is 0 Å². The van der Waals surface area contributed by atoms with Crippen LogP contribution < -0.4 is 14.2 Å². The highest BCUT2D eigenvalue weighted by molar-refractivity contribution is 7.92. The van der Waals surface area contributed by atoms with Crippen LogP contribution in [0.4, 0.5) is 5.69 Å². The Morgan fingerprint density at radius 1 is 0.889 bits per heavy atom. The van der Waals surface area contributed by atoms with Gasteiger partial charge in [0, 0.05) is 11.8 Å². The molecule has 0 aliphatic carbocycles. The zero-order valence-electron chi connectivity index (χ0n) is 18.8. The summed E-state index contributed by atoms with van der Waals surface area (Å²) in [4.78, 5) is 38.2. The van der Waals surface area contributed by atoms with Crippen molar-refractivity contribution in [1.82, 2.24) is 4.90 Å². The van der Waals surface area contributed by atoms with Crippen LogP contribution in [0.25, 0.3) is 0 Å². The highest BCUT2D eigenvalue weighted by Crippen LogP contribution is 2.32. The number of ether oxygens (including phenoxy) is 3. The summed E-state index contributed by atoms with van der Waals surface area (Å²) in [5, 5.41) is 0. The van der Waals surface area contributed by atoms with Crippen LogP contribution >= 0.6 is 0 Å². The van der Waals surface area contributed by atoms with E-state index in [-0.39, 0.29) is 29.3 Å². The van der Waals surface area contributed by atoms with Crippen molar-refractivity contribution in [2.75, 3.05) is 31.1 Å². The molecule has 2 aliphatic heterocycles. The van der Waals surface area contributed by atoms with Crippen molar-refractivity contribution in [1.29, 1.82) is 0 Å². The van der Waals surface area contributed by atoms with Crippen LogP contribution in [0.15, 0.2) is 71.6 Å². The minimum atomic E-state index is -3.91. The number of imide groups is 1. The number of anilines is 1. The molecule has 2 aliphatic rings. The third-order valence-electron chi connectivity index (χ3n) is 5.62. The molecule has 2 heterocycles. The number of hydrogen-bond acceptors (Lipinski definition) is 8. The van der Waals surface area contributed by atoms with Crippen molar-refractivity contribution in [3.05, 3.63) is 83.4 Å². The fourth-order valence-electron chi connectivity index (χ4n) is 3.83. The molecule has 0 spiro atoms. The zero-order valence-corrected chi connectivity index (χ0v) is 19.6. The lowest BCUT2D eigenvalue weighted by Crippen LogP contribution is -2.33. The predicted octanol–water partition coefficient (Wildman–Crippen LogP) is 2.71. The molecule has 3 aromatic rings. The molecule has 5 rings (SSSR count). The van der Waals surface area contributed by atoms with Gasteiger partial charge in [-0.15, -0.1) is 0 Å². The summed E-state index contributed by atoms with van der Waals surface area (Å²) in [7, 11) is -3.91. The maximum Gasteiger partial charge on any atom is 0.338 e. The Bertz CT molecular complexity index is 1430. The lowest BCUT2D eigenvalue weighted by molar-refractivity contribution is 0.0420. The van der Waals surface area contributed by atoms with Gasteiger partial charge in [0.25, 0.3) is 21.8 Å². The Morgan fingerprint density at radius 2 is 1.53 bits per heavy atom. The number of fused-ring (bicyclic) bond motifs is 2. The van der Waals surface area contributed by atoms with Crippen LogP contribution in [0, 0.1) is 0 Å². The van der Waals surface area contributed by atoms with Gasteiger partial charge in [0.2, 0.25) is 0 Å². The van der Waals surface area contributed by atoms with Crippen LogP contribution in [0.1, 0.15) is 31.1 Å². The van der Waals surface area contributed by atoms with E-state index in [0.29, 0.717) is 35.8 Å². The minimum Gasteiger partial charge on any atom is -0.486 e. The second-order valence-electron chi connectivity index (χ2n) is 7.93. The third kappa shape index (κ3) is 4.48. The van der Waals surface area contributed by atoms with Crippen LogP contribution in [0.2, 0.25) is 0 Å². The van der Waals surface area contributed by atoms with E-state index in [0.717, 1.165) is 4.90 Å². The first kappa shape index (κ1) is 23.4. The number of benzene rings is 3. The van der Waals surface area contributed by atoms with E-state index in [1.54, 1.807) is 24.3 Å². The summed E-state index contributed by atoms with van der Waals surface area (Å²) in [5.74, 6) is -0.704. The summed E-state index contributed by atoms with van der Waals surface area (Å²) in [6.07, 6.45) is 0. The number of esters is 1. The zero-order chi connectivity index (χ0) is 25.3. The van der Waals surface area contributed by atoms with Gasteiger partial charge in [-0.25, -0.2) is 13.2 Å². The fourth-order valence-corrected chi connectivity index (χ4v) is 4.91. The van der Waals surface area contributed by atoms with E-state index in [1.807, 2.05) is 0 Å². The van der Waals surface area contributed by atoms with Gasteiger partial charge >= 0.3 is 5.97 Å². The molecule has 0 unspecified atom stereocenters. The maximum absolute atomic E-state index is 12.7. The summed E-state index contributed by atoms with van der Waals surface area (Å²) in [5.41, 5.74) is 1.07. The summed E-state index contributed by atoms with van der Waals surface area (Å²) < 4.78 is 44.0. The van der Waals surface area contributed by atoms with Crippen molar-refractivity contribution in [3.63, 3.8) is 0 Å². The number of carbonyl (C=O) groups excluding carboxylic acids is 3. The van der Waals surface area contributed by atoms with E-state index in [2.05, 4.69) is 4.72 Å². The molecule has 0 saturated carbocycles. The van der Waals surface area contributed by atoms with E-state index < -0.39 is 27.8 Å². The quantitative estimate of drug-likeness (QED) is 0.381. The molecule has 184 valence electrons. The Hall–Kier alpha value is -4.38. The number of hydrogen-bond donors (Lipinski definition) is 1. The topological polar surface area (TPSA) is 128 Å². The highest BCUT2D eigenvalue weighted by Gasteiger charge is 2.34. The lowest BCUT2D eigenvalue weighted by Gasteiger charge is -2.19. The molecular formula is C25H20N2O8S. The standard InChI is InChI=1S/C25H20N2O8S/c28-23-19-3-1-2-4-20(19)24(29)27(23)11-12-35-25(30)16-5-7-17(8-6-16)26-36(31,32)18-9-10-21-22(15-18)34-14-13-33-21/h1-10,15,26H,11-14H2. The van der Waals surface area contributed by atoms with Crippen molar-refractivity contribution in [3.8, 4) is 11.5 Å². The first-order valence-electron chi connectivity index (χ1n) is 11.0. The average Bonchev–Trinajstić information content (AvgIpc) is 3.13. The van der Waals surface area contributed by atoms with Crippen molar-refractivity contribution in [2.24, 2.45) is 0 Å². The monoisotopic (exact) mass is 508 g/mol. The Balaban J connectivity index is 1.17. The molecule has 0 saturated heterocycles. The van der Waals surface area contributed by atoms with Crippen molar-refractivity contribution >= 4 is 33.5 Å². The molecular weight excluding hydrogens is 488 g/mol.